The molecule has 0 spiro atoms. The molecule has 0 saturated carbocycles. The number of aryl methyl sites for hydroxylation is 1. The number of carbonyl (C=O) groups excluding carboxylic acids is 1. The number of hydrogen-bond acceptors (Lipinski definition) is 5. The second-order valence-electron chi connectivity index (χ2n) is 8.50. The third-order valence-electron chi connectivity index (χ3n) is 6.09. The second-order valence-corrected chi connectivity index (χ2v) is 8.50. The van der Waals surface area contributed by atoms with Crippen molar-refractivity contribution >= 4 is 22.9 Å². The molecular formula is C30H26N4O3. The lowest BCUT2D eigenvalue weighted by Crippen LogP contribution is -2.18. The number of ether oxygens (including phenoxy) is 2. The number of amides is 1. The molecule has 4 aromatic carbocycles. The van der Waals surface area contributed by atoms with Crippen LogP contribution in [0, 0.1) is 6.92 Å². The first-order valence-corrected chi connectivity index (χ1v) is 11.8. The predicted molar refractivity (Wildman–Crippen MR) is 146 cm³/mol. The topological polar surface area (TPSA) is 77.7 Å². The summed E-state index contributed by atoms with van der Waals surface area (Å²) in [6, 6.07) is 29.5. The maximum atomic E-state index is 13.1. The van der Waals surface area contributed by atoms with Gasteiger partial charge in [0.2, 0.25) is 0 Å². The largest absolute Gasteiger partial charge is 0.497 e. The van der Waals surface area contributed by atoms with E-state index in [4.69, 9.17) is 9.47 Å². The summed E-state index contributed by atoms with van der Waals surface area (Å²) in [4.78, 5) is 13.1. The molecule has 1 heterocycles. The van der Waals surface area contributed by atoms with Gasteiger partial charge in [0.1, 0.15) is 11.5 Å². The van der Waals surface area contributed by atoms with Crippen LogP contribution in [0.5, 0.6) is 11.5 Å². The molecule has 5 aromatic rings. The Morgan fingerprint density at radius 3 is 2.49 bits per heavy atom. The third kappa shape index (κ3) is 4.92. The van der Waals surface area contributed by atoms with Crippen molar-refractivity contribution in [3.05, 3.63) is 108 Å². The van der Waals surface area contributed by atoms with E-state index in [1.54, 1.807) is 43.2 Å². The van der Waals surface area contributed by atoms with Crippen LogP contribution in [0.15, 0.2) is 96.1 Å². The molecule has 5 rings (SSSR count). The van der Waals surface area contributed by atoms with Crippen molar-refractivity contribution in [2.45, 2.75) is 6.92 Å². The summed E-state index contributed by atoms with van der Waals surface area (Å²) in [5, 5.41) is 11.0. The van der Waals surface area contributed by atoms with Crippen molar-refractivity contribution in [3.63, 3.8) is 0 Å². The highest BCUT2D eigenvalue weighted by Gasteiger charge is 2.18. The minimum atomic E-state index is -0.425. The van der Waals surface area contributed by atoms with Gasteiger partial charge in [0.05, 0.1) is 31.8 Å². The van der Waals surface area contributed by atoms with Crippen molar-refractivity contribution in [2.75, 3.05) is 14.2 Å². The zero-order chi connectivity index (χ0) is 25.8. The Labute approximate surface area is 215 Å². The van der Waals surface area contributed by atoms with Gasteiger partial charge in [-0.2, -0.15) is 10.2 Å². The Hall–Kier alpha value is -4.91. The van der Waals surface area contributed by atoms with Gasteiger partial charge in [-0.15, -0.1) is 0 Å². The molecule has 0 aliphatic carbocycles. The standard InChI is InChI=1S/C30H26N4O3/c1-20-11-13-23(14-12-20)34-28(26-10-6-8-21-7-4-5-9-25(21)26)18-27(33-34)30(35)32-31-19-22-17-24(36-2)15-16-29(22)37-3/h4-19H,1-3H3,(H,32,35)/b31-19-. The maximum absolute atomic E-state index is 13.1. The van der Waals surface area contributed by atoms with Gasteiger partial charge in [-0.05, 0) is 54.1 Å². The highest BCUT2D eigenvalue weighted by molar-refractivity contribution is 5.99. The number of aromatic nitrogens is 2. The molecule has 7 heteroatoms. The summed E-state index contributed by atoms with van der Waals surface area (Å²) in [5.41, 5.74) is 7.29. The summed E-state index contributed by atoms with van der Waals surface area (Å²) in [6.07, 6.45) is 1.52. The minimum absolute atomic E-state index is 0.248. The average Bonchev–Trinajstić information content (AvgIpc) is 3.38. The number of benzene rings is 4. The number of carbonyl (C=O) groups is 1. The van der Waals surface area contributed by atoms with E-state index in [1.807, 2.05) is 55.5 Å². The lowest BCUT2D eigenvalue weighted by molar-refractivity contribution is 0.0949. The Morgan fingerprint density at radius 1 is 0.919 bits per heavy atom. The summed E-state index contributed by atoms with van der Waals surface area (Å²) in [5.74, 6) is 0.844. The van der Waals surface area contributed by atoms with Crippen molar-refractivity contribution in [2.24, 2.45) is 5.10 Å². The van der Waals surface area contributed by atoms with Crippen LogP contribution in [0.25, 0.3) is 27.7 Å². The second kappa shape index (κ2) is 10.4. The van der Waals surface area contributed by atoms with Gasteiger partial charge >= 0.3 is 0 Å². The SMILES string of the molecule is COc1ccc(OC)c(/C=N\NC(=O)c2cc(-c3cccc4ccccc34)n(-c3ccc(C)cc3)n2)c1. The van der Waals surface area contributed by atoms with Crippen molar-refractivity contribution < 1.29 is 14.3 Å². The van der Waals surface area contributed by atoms with Crippen LogP contribution in [-0.2, 0) is 0 Å². The van der Waals surface area contributed by atoms with Crippen molar-refractivity contribution in [1.82, 2.24) is 15.2 Å². The van der Waals surface area contributed by atoms with Crippen LogP contribution in [-0.4, -0.2) is 36.1 Å². The summed E-state index contributed by atoms with van der Waals surface area (Å²) in [6.45, 7) is 2.03. The van der Waals surface area contributed by atoms with Gasteiger partial charge in [0, 0.05) is 11.1 Å². The van der Waals surface area contributed by atoms with Crippen LogP contribution in [0.3, 0.4) is 0 Å². The van der Waals surface area contributed by atoms with E-state index in [1.165, 1.54) is 6.21 Å². The van der Waals surface area contributed by atoms with Crippen molar-refractivity contribution in [1.29, 1.82) is 0 Å². The Morgan fingerprint density at radius 2 is 1.70 bits per heavy atom. The molecule has 0 radical (unpaired) electrons. The average molecular weight is 491 g/mol. The van der Waals surface area contributed by atoms with E-state index >= 15 is 0 Å². The number of rotatable bonds is 7. The van der Waals surface area contributed by atoms with E-state index in [9.17, 15) is 4.79 Å². The first-order chi connectivity index (χ1) is 18.1. The smallest absolute Gasteiger partial charge is 0.291 e. The fraction of sp³-hybridized carbons (Fsp3) is 0.100. The molecule has 0 unspecified atom stereocenters. The molecule has 1 aromatic heterocycles. The van der Waals surface area contributed by atoms with Crippen LogP contribution in [0.1, 0.15) is 21.6 Å². The molecular weight excluding hydrogens is 464 g/mol. The summed E-state index contributed by atoms with van der Waals surface area (Å²) < 4.78 is 12.4. The van der Waals surface area contributed by atoms with Gasteiger partial charge < -0.3 is 9.47 Å². The Kier molecular flexibility index (Phi) is 6.68. The molecule has 1 N–H and O–H groups in total. The zero-order valence-corrected chi connectivity index (χ0v) is 20.8. The number of hydrazone groups is 1. The van der Waals surface area contributed by atoms with E-state index in [0.717, 1.165) is 33.3 Å². The van der Waals surface area contributed by atoms with Crippen LogP contribution < -0.4 is 14.9 Å². The van der Waals surface area contributed by atoms with E-state index in [2.05, 4.69) is 33.8 Å². The Balaban J connectivity index is 1.51. The molecule has 0 bridgehead atoms. The quantitative estimate of drug-likeness (QED) is 0.232. The van der Waals surface area contributed by atoms with Gasteiger partial charge in [0.25, 0.3) is 5.91 Å². The number of fused-ring (bicyclic) bond motifs is 1. The predicted octanol–water partition coefficient (Wildman–Crippen LogP) is 5.78. The molecule has 1 amide bonds. The molecule has 7 nitrogen and oxygen atoms in total. The van der Waals surface area contributed by atoms with E-state index in [0.29, 0.717) is 17.1 Å². The highest BCUT2D eigenvalue weighted by Crippen LogP contribution is 2.31. The normalized spacial score (nSPS) is 11.1. The molecule has 0 aliphatic heterocycles. The number of nitrogens with zero attached hydrogens (tertiary/aromatic N) is 3. The van der Waals surface area contributed by atoms with Gasteiger partial charge in [-0.25, -0.2) is 10.1 Å². The van der Waals surface area contributed by atoms with E-state index in [-0.39, 0.29) is 5.69 Å². The number of methoxy groups -OCH3 is 2. The molecule has 0 saturated heterocycles. The van der Waals surface area contributed by atoms with Crippen LogP contribution in [0.4, 0.5) is 0 Å². The zero-order valence-electron chi connectivity index (χ0n) is 20.8. The maximum Gasteiger partial charge on any atom is 0.291 e. The molecule has 0 fully saturated rings. The van der Waals surface area contributed by atoms with Gasteiger partial charge in [-0.3, -0.25) is 4.79 Å². The lowest BCUT2D eigenvalue weighted by Gasteiger charge is -2.10. The fourth-order valence-corrected chi connectivity index (χ4v) is 4.17. The first kappa shape index (κ1) is 23.8. The monoisotopic (exact) mass is 490 g/mol. The highest BCUT2D eigenvalue weighted by atomic mass is 16.5. The minimum Gasteiger partial charge on any atom is -0.497 e. The van der Waals surface area contributed by atoms with Crippen LogP contribution in [0.2, 0.25) is 0 Å². The fourth-order valence-electron chi connectivity index (χ4n) is 4.17. The first-order valence-electron chi connectivity index (χ1n) is 11.8. The van der Waals surface area contributed by atoms with Gasteiger partial charge in [-0.1, -0.05) is 60.2 Å². The number of hydrogen-bond donors (Lipinski definition) is 1. The molecule has 0 aliphatic rings. The lowest BCUT2D eigenvalue weighted by atomic mass is 10.0. The summed E-state index contributed by atoms with van der Waals surface area (Å²) >= 11 is 0. The Bertz CT molecular complexity index is 1600. The van der Waals surface area contributed by atoms with E-state index < -0.39 is 5.91 Å². The molecule has 37 heavy (non-hydrogen) atoms. The summed E-state index contributed by atoms with van der Waals surface area (Å²) in [7, 11) is 3.16. The molecule has 184 valence electrons. The van der Waals surface area contributed by atoms with Gasteiger partial charge in [0.15, 0.2) is 5.69 Å². The number of nitrogens with one attached hydrogen (secondary N) is 1. The third-order valence-corrected chi connectivity index (χ3v) is 6.09. The van der Waals surface area contributed by atoms with Crippen LogP contribution >= 0.6 is 0 Å². The van der Waals surface area contributed by atoms with Crippen molar-refractivity contribution in [3.8, 4) is 28.4 Å². The molecule has 0 atom stereocenters.